The maximum Gasteiger partial charge on any atom is 0.456 e. The van der Waals surface area contributed by atoms with Gasteiger partial charge in [0.05, 0.1) is 6.61 Å². The van der Waals surface area contributed by atoms with Gasteiger partial charge < -0.3 is 9.47 Å². The molecule has 14 heavy (non-hydrogen) atoms. The number of rotatable bonds is 6. The minimum Gasteiger partial charge on any atom is -0.460 e. The molecule has 0 unspecified atom stereocenters. The summed E-state index contributed by atoms with van der Waals surface area (Å²) in [6, 6.07) is 0. The Morgan fingerprint density at radius 2 is 2.14 bits per heavy atom. The van der Waals surface area contributed by atoms with Crippen LogP contribution in [0.15, 0.2) is 0 Å². The first-order chi connectivity index (χ1) is 6.40. The molecule has 6 nitrogen and oxygen atoms in total. The van der Waals surface area contributed by atoms with E-state index in [1.165, 1.54) is 6.92 Å². The van der Waals surface area contributed by atoms with Crippen molar-refractivity contribution in [2.45, 2.75) is 13.0 Å². The Kier molecular flexibility index (Phi) is 4.92. The third kappa shape index (κ3) is 4.65. The predicted octanol–water partition coefficient (Wildman–Crippen LogP) is 0.436. The van der Waals surface area contributed by atoms with Crippen molar-refractivity contribution in [3.63, 3.8) is 0 Å². The van der Waals surface area contributed by atoms with E-state index in [0.717, 1.165) is 0 Å². The van der Waals surface area contributed by atoms with Crippen LogP contribution in [0, 0.1) is 10.1 Å². The summed E-state index contributed by atoms with van der Waals surface area (Å²) in [5, 5.41) is 9.75. The molecule has 0 aromatic heterocycles. The van der Waals surface area contributed by atoms with E-state index in [1.54, 1.807) is 0 Å². The van der Waals surface area contributed by atoms with Gasteiger partial charge in [-0.05, 0) is 6.92 Å². The Bertz CT molecular complexity index is 220. The molecule has 0 radical (unpaired) electrons. The van der Waals surface area contributed by atoms with Gasteiger partial charge in [-0.25, -0.2) is 4.79 Å². The summed E-state index contributed by atoms with van der Waals surface area (Å²) in [5.74, 6) is -1.84. The van der Waals surface area contributed by atoms with Crippen LogP contribution in [0.3, 0.4) is 0 Å². The van der Waals surface area contributed by atoms with Gasteiger partial charge in [-0.3, -0.25) is 10.1 Å². The van der Waals surface area contributed by atoms with Crippen molar-refractivity contribution in [1.82, 2.24) is 0 Å². The first kappa shape index (κ1) is 12.7. The molecule has 0 rings (SSSR count). The second-order valence-electron chi connectivity index (χ2n) is 2.14. The molecule has 0 spiro atoms. The lowest BCUT2D eigenvalue weighted by Gasteiger charge is -2.13. The van der Waals surface area contributed by atoms with Crippen LogP contribution in [0.4, 0.5) is 8.78 Å². The van der Waals surface area contributed by atoms with E-state index in [0.29, 0.717) is 0 Å². The van der Waals surface area contributed by atoms with E-state index in [2.05, 4.69) is 9.47 Å². The van der Waals surface area contributed by atoms with Crippen molar-refractivity contribution in [2.75, 3.05) is 19.8 Å². The van der Waals surface area contributed by atoms with Gasteiger partial charge in [0.15, 0.2) is 0 Å². The van der Waals surface area contributed by atoms with Crippen molar-refractivity contribution in [3.05, 3.63) is 10.1 Å². The van der Waals surface area contributed by atoms with Crippen LogP contribution >= 0.6 is 0 Å². The number of esters is 1. The van der Waals surface area contributed by atoms with E-state index in [9.17, 15) is 23.7 Å². The number of ether oxygens (including phenoxy) is 2. The van der Waals surface area contributed by atoms with Crippen LogP contribution in [-0.4, -0.2) is 36.8 Å². The highest BCUT2D eigenvalue weighted by atomic mass is 19.3. The molecule has 0 heterocycles. The molecule has 82 valence electrons. The van der Waals surface area contributed by atoms with E-state index in [4.69, 9.17) is 0 Å². The topological polar surface area (TPSA) is 78.7 Å². The molecule has 0 saturated heterocycles. The normalized spacial score (nSPS) is 11.1. The summed E-state index contributed by atoms with van der Waals surface area (Å²) >= 11 is 0. The maximum atomic E-state index is 12.5. The Morgan fingerprint density at radius 3 is 2.57 bits per heavy atom. The lowest BCUT2D eigenvalue weighted by molar-refractivity contribution is -0.487. The monoisotopic (exact) mass is 213 g/mol. The minimum atomic E-state index is -4.12. The van der Waals surface area contributed by atoms with Crippen molar-refractivity contribution < 1.29 is 28.0 Å². The average Bonchev–Trinajstić information content (AvgIpc) is 2.03. The van der Waals surface area contributed by atoms with Crippen LogP contribution in [0.25, 0.3) is 0 Å². The molecule has 0 amide bonds. The van der Waals surface area contributed by atoms with Gasteiger partial charge in [0, 0.05) is 4.92 Å². The largest absolute Gasteiger partial charge is 0.460 e. The third-order valence-corrected chi connectivity index (χ3v) is 1.07. The lowest BCUT2D eigenvalue weighted by atomic mass is 10.6. The number of alkyl halides is 2. The molecule has 0 N–H and O–H groups in total. The number of hydrogen-bond donors (Lipinski definition) is 0. The highest BCUT2D eigenvalue weighted by Gasteiger charge is 2.42. The fourth-order valence-corrected chi connectivity index (χ4v) is 0.522. The van der Waals surface area contributed by atoms with Crippen LogP contribution in [0.5, 0.6) is 0 Å². The highest BCUT2D eigenvalue weighted by Crippen LogP contribution is 2.16. The minimum absolute atomic E-state index is 0.215. The molecule has 0 aromatic rings. The fourth-order valence-electron chi connectivity index (χ4n) is 0.522. The van der Waals surface area contributed by atoms with Crippen molar-refractivity contribution in [1.29, 1.82) is 0 Å². The molecule has 0 aliphatic carbocycles. The zero-order valence-corrected chi connectivity index (χ0v) is 7.37. The van der Waals surface area contributed by atoms with E-state index < -0.39 is 30.2 Å². The number of hydrogen-bond acceptors (Lipinski definition) is 5. The molecule has 0 atom stereocenters. The molecule has 0 aromatic carbocycles. The summed E-state index contributed by atoms with van der Waals surface area (Å²) in [7, 11) is 0. The van der Waals surface area contributed by atoms with Crippen molar-refractivity contribution in [3.8, 4) is 0 Å². The lowest BCUT2D eigenvalue weighted by Crippen LogP contribution is -2.35. The molecule has 0 saturated carbocycles. The van der Waals surface area contributed by atoms with Crippen LogP contribution < -0.4 is 0 Å². The summed E-state index contributed by atoms with van der Waals surface area (Å²) in [5.41, 5.74) is 0. The number of halogens is 2. The first-order valence-corrected chi connectivity index (χ1v) is 3.71. The van der Waals surface area contributed by atoms with Crippen LogP contribution in [-0.2, 0) is 14.3 Å². The smallest absolute Gasteiger partial charge is 0.456 e. The molecule has 0 aliphatic heterocycles. The first-order valence-electron chi connectivity index (χ1n) is 3.71. The van der Waals surface area contributed by atoms with Gasteiger partial charge in [0.25, 0.3) is 0 Å². The van der Waals surface area contributed by atoms with E-state index >= 15 is 0 Å². The van der Waals surface area contributed by atoms with E-state index in [1.807, 2.05) is 0 Å². The Labute approximate surface area is 77.9 Å². The molecule has 0 aliphatic rings. The average molecular weight is 213 g/mol. The van der Waals surface area contributed by atoms with Gasteiger partial charge in [-0.1, -0.05) is 0 Å². The SMILES string of the molecule is CCOC(=O)C(F)(F)OCC[N+](=O)[O-]. The van der Waals surface area contributed by atoms with Gasteiger partial charge in [-0.2, -0.15) is 8.78 Å². The fraction of sp³-hybridized carbons (Fsp3) is 0.833. The van der Waals surface area contributed by atoms with Crippen molar-refractivity contribution in [2.24, 2.45) is 0 Å². The standard InChI is InChI=1S/C6H9F2NO5/c1-2-13-5(10)6(7,8)14-4-3-9(11)12/h2-4H2,1H3. The van der Waals surface area contributed by atoms with Crippen molar-refractivity contribution >= 4 is 5.97 Å². The summed E-state index contributed by atoms with van der Waals surface area (Å²) in [6.07, 6.45) is -4.12. The summed E-state index contributed by atoms with van der Waals surface area (Å²) in [4.78, 5) is 19.4. The molecule has 0 fully saturated rings. The van der Waals surface area contributed by atoms with Gasteiger partial charge in [0.2, 0.25) is 6.54 Å². The molecule has 0 bridgehead atoms. The number of carbonyl (C=O) groups is 1. The van der Waals surface area contributed by atoms with Gasteiger partial charge >= 0.3 is 12.1 Å². The van der Waals surface area contributed by atoms with Gasteiger partial charge in [-0.15, -0.1) is 0 Å². The van der Waals surface area contributed by atoms with Gasteiger partial charge in [0.1, 0.15) is 6.61 Å². The Morgan fingerprint density at radius 1 is 1.57 bits per heavy atom. The second kappa shape index (κ2) is 5.43. The quantitative estimate of drug-likeness (QED) is 0.363. The zero-order valence-electron chi connectivity index (χ0n) is 7.37. The zero-order chi connectivity index (χ0) is 11.2. The highest BCUT2D eigenvalue weighted by molar-refractivity contribution is 5.75. The predicted molar refractivity (Wildman–Crippen MR) is 39.4 cm³/mol. The Balaban J connectivity index is 3.93. The van der Waals surface area contributed by atoms with Crippen LogP contribution in [0.2, 0.25) is 0 Å². The number of nitro groups is 1. The molecule has 8 heteroatoms. The third-order valence-electron chi connectivity index (χ3n) is 1.07. The summed E-state index contributed by atoms with van der Waals surface area (Å²) in [6.45, 7) is -0.508. The second-order valence-corrected chi connectivity index (χ2v) is 2.14. The molecular weight excluding hydrogens is 204 g/mol. The van der Waals surface area contributed by atoms with Crippen LogP contribution in [0.1, 0.15) is 6.92 Å². The summed E-state index contributed by atoms with van der Waals surface area (Å²) < 4.78 is 32.8. The van der Waals surface area contributed by atoms with E-state index in [-0.39, 0.29) is 6.61 Å². The molecular formula is C6H9F2NO5. The Hall–Kier alpha value is -1.31. The maximum absolute atomic E-state index is 12.5. The number of nitrogens with zero attached hydrogens (tertiary/aromatic N) is 1. The number of carbonyl (C=O) groups excluding carboxylic acids is 1.